The van der Waals surface area contributed by atoms with Crippen molar-refractivity contribution >= 4 is 0 Å². The number of hydrogen-bond acceptors (Lipinski definition) is 3. The lowest BCUT2D eigenvalue weighted by Crippen LogP contribution is -2.23. The zero-order chi connectivity index (χ0) is 13.9. The number of hydrogen-bond donors (Lipinski definition) is 1. The molecule has 0 aromatic carbocycles. The highest BCUT2D eigenvalue weighted by Crippen LogP contribution is 2.38. The maximum absolute atomic E-state index is 5.66. The van der Waals surface area contributed by atoms with Gasteiger partial charge in [-0.2, -0.15) is 0 Å². The van der Waals surface area contributed by atoms with E-state index in [0.29, 0.717) is 5.92 Å². The second-order valence-electron chi connectivity index (χ2n) is 7.04. The molecule has 3 rings (SSSR count). The van der Waals surface area contributed by atoms with Crippen LogP contribution < -0.4 is 5.32 Å². The van der Waals surface area contributed by atoms with Crippen LogP contribution in [-0.2, 0) is 13.1 Å². The minimum Gasteiger partial charge on any atom is -0.468 e. The molecule has 2 unspecified atom stereocenters. The van der Waals surface area contributed by atoms with E-state index in [0.717, 1.165) is 37.2 Å². The predicted molar refractivity (Wildman–Crippen MR) is 81.4 cm³/mol. The van der Waals surface area contributed by atoms with Gasteiger partial charge in [0.15, 0.2) is 0 Å². The summed E-state index contributed by atoms with van der Waals surface area (Å²) < 4.78 is 5.66. The van der Waals surface area contributed by atoms with E-state index in [1.165, 1.54) is 37.9 Å². The van der Waals surface area contributed by atoms with Crippen molar-refractivity contribution in [1.29, 1.82) is 0 Å². The number of likely N-dealkylation sites (tertiary alicyclic amines) is 1. The van der Waals surface area contributed by atoms with Crippen molar-refractivity contribution < 1.29 is 4.42 Å². The Labute approximate surface area is 122 Å². The summed E-state index contributed by atoms with van der Waals surface area (Å²) in [6.45, 7) is 10.1. The average molecular weight is 276 g/mol. The van der Waals surface area contributed by atoms with Crippen molar-refractivity contribution in [3.8, 4) is 0 Å². The van der Waals surface area contributed by atoms with Gasteiger partial charge in [-0.1, -0.05) is 20.3 Å². The highest BCUT2D eigenvalue weighted by molar-refractivity contribution is 5.17. The van der Waals surface area contributed by atoms with Crippen molar-refractivity contribution in [3.05, 3.63) is 23.7 Å². The molecule has 3 nitrogen and oxygen atoms in total. The highest BCUT2D eigenvalue weighted by atomic mass is 16.3. The van der Waals surface area contributed by atoms with Crippen molar-refractivity contribution in [2.24, 2.45) is 17.8 Å². The molecule has 112 valence electrons. The summed E-state index contributed by atoms with van der Waals surface area (Å²) in [4.78, 5) is 2.63. The minimum atomic E-state index is 0.686. The van der Waals surface area contributed by atoms with E-state index < -0.39 is 0 Å². The SMILES string of the molecule is CC(C)CNCc1occc1CN1CC2CCCC2C1. The van der Waals surface area contributed by atoms with Gasteiger partial charge in [0, 0.05) is 25.2 Å². The summed E-state index contributed by atoms with van der Waals surface area (Å²) in [7, 11) is 0. The molecule has 1 saturated heterocycles. The Kier molecular flexibility index (Phi) is 4.47. The molecule has 0 amide bonds. The van der Waals surface area contributed by atoms with E-state index >= 15 is 0 Å². The van der Waals surface area contributed by atoms with Gasteiger partial charge < -0.3 is 9.73 Å². The fraction of sp³-hybridized carbons (Fsp3) is 0.765. The fourth-order valence-electron chi connectivity index (χ4n) is 3.84. The summed E-state index contributed by atoms with van der Waals surface area (Å²) in [5.41, 5.74) is 1.38. The van der Waals surface area contributed by atoms with Crippen LogP contribution >= 0.6 is 0 Å². The van der Waals surface area contributed by atoms with Crippen molar-refractivity contribution in [1.82, 2.24) is 10.2 Å². The van der Waals surface area contributed by atoms with Crippen LogP contribution in [0.1, 0.15) is 44.4 Å². The third-order valence-electron chi connectivity index (χ3n) is 4.87. The lowest BCUT2D eigenvalue weighted by atomic mass is 10.0. The Hall–Kier alpha value is -0.800. The fourth-order valence-corrected chi connectivity index (χ4v) is 3.84. The molecule has 1 aromatic rings. The maximum atomic E-state index is 5.66. The summed E-state index contributed by atoms with van der Waals surface area (Å²) in [6, 6.07) is 2.15. The smallest absolute Gasteiger partial charge is 0.122 e. The van der Waals surface area contributed by atoms with Gasteiger partial charge in [0.1, 0.15) is 5.76 Å². The van der Waals surface area contributed by atoms with Gasteiger partial charge in [-0.25, -0.2) is 0 Å². The molecule has 2 aliphatic rings. The first-order valence-electron chi connectivity index (χ1n) is 8.20. The van der Waals surface area contributed by atoms with E-state index in [1.54, 1.807) is 0 Å². The first kappa shape index (κ1) is 14.2. The molecule has 0 radical (unpaired) electrons. The monoisotopic (exact) mass is 276 g/mol. The van der Waals surface area contributed by atoms with E-state index in [9.17, 15) is 0 Å². The Morgan fingerprint density at radius 3 is 2.75 bits per heavy atom. The summed E-state index contributed by atoms with van der Waals surface area (Å²) in [6.07, 6.45) is 6.21. The van der Waals surface area contributed by atoms with Gasteiger partial charge >= 0.3 is 0 Å². The standard InChI is InChI=1S/C17H28N2O/c1-13(2)8-18-9-17-16(6-7-20-17)12-19-10-14-4-3-5-15(14)11-19/h6-7,13-15,18H,3-5,8-12H2,1-2H3. The van der Waals surface area contributed by atoms with Gasteiger partial charge in [-0.15, -0.1) is 0 Å². The zero-order valence-corrected chi connectivity index (χ0v) is 12.9. The van der Waals surface area contributed by atoms with Gasteiger partial charge in [-0.05, 0) is 43.2 Å². The quantitative estimate of drug-likeness (QED) is 0.864. The maximum Gasteiger partial charge on any atom is 0.122 e. The largest absolute Gasteiger partial charge is 0.468 e. The molecule has 0 spiro atoms. The van der Waals surface area contributed by atoms with E-state index in [2.05, 4.69) is 30.1 Å². The summed E-state index contributed by atoms with van der Waals surface area (Å²) >= 11 is 0. The highest BCUT2D eigenvalue weighted by Gasteiger charge is 2.36. The average Bonchev–Trinajstić information content (AvgIpc) is 3.05. The van der Waals surface area contributed by atoms with Crippen LogP contribution in [0.5, 0.6) is 0 Å². The molecule has 3 heteroatoms. The molecule has 2 heterocycles. The molecule has 1 aromatic heterocycles. The predicted octanol–water partition coefficient (Wildman–Crippen LogP) is 3.26. The molecular formula is C17H28N2O. The third-order valence-corrected chi connectivity index (χ3v) is 4.87. The first-order chi connectivity index (χ1) is 9.72. The van der Waals surface area contributed by atoms with Crippen LogP contribution in [0.25, 0.3) is 0 Å². The summed E-state index contributed by atoms with van der Waals surface area (Å²) in [5.74, 6) is 3.77. The molecular weight excluding hydrogens is 248 g/mol. The second kappa shape index (κ2) is 6.31. The molecule has 2 fully saturated rings. The lowest BCUT2D eigenvalue weighted by molar-refractivity contribution is 0.299. The van der Waals surface area contributed by atoms with E-state index in [-0.39, 0.29) is 0 Å². The Balaban J connectivity index is 1.52. The molecule has 1 saturated carbocycles. The zero-order valence-electron chi connectivity index (χ0n) is 12.9. The van der Waals surface area contributed by atoms with Gasteiger partial charge in [0.05, 0.1) is 12.8 Å². The normalized spacial score (nSPS) is 26.6. The molecule has 0 bridgehead atoms. The van der Waals surface area contributed by atoms with Crippen LogP contribution in [0.2, 0.25) is 0 Å². The number of nitrogens with zero attached hydrogens (tertiary/aromatic N) is 1. The van der Waals surface area contributed by atoms with E-state index in [1.807, 2.05) is 6.26 Å². The van der Waals surface area contributed by atoms with Crippen LogP contribution in [0.15, 0.2) is 16.7 Å². The molecule has 20 heavy (non-hydrogen) atoms. The first-order valence-corrected chi connectivity index (χ1v) is 8.20. The third kappa shape index (κ3) is 3.26. The number of rotatable bonds is 6. The van der Waals surface area contributed by atoms with Crippen molar-refractivity contribution in [3.63, 3.8) is 0 Å². The second-order valence-corrected chi connectivity index (χ2v) is 7.04. The topological polar surface area (TPSA) is 28.4 Å². The molecule has 1 N–H and O–H groups in total. The Morgan fingerprint density at radius 1 is 1.30 bits per heavy atom. The number of furan rings is 1. The molecule has 1 aliphatic heterocycles. The van der Waals surface area contributed by atoms with Crippen LogP contribution in [0.3, 0.4) is 0 Å². The molecule has 1 aliphatic carbocycles. The Morgan fingerprint density at radius 2 is 2.05 bits per heavy atom. The van der Waals surface area contributed by atoms with Gasteiger partial charge in [0.2, 0.25) is 0 Å². The van der Waals surface area contributed by atoms with Crippen LogP contribution in [0, 0.1) is 17.8 Å². The lowest BCUT2D eigenvalue weighted by Gasteiger charge is -2.16. The Bertz CT molecular complexity index is 414. The van der Waals surface area contributed by atoms with Crippen LogP contribution in [0.4, 0.5) is 0 Å². The van der Waals surface area contributed by atoms with Gasteiger partial charge in [-0.3, -0.25) is 4.90 Å². The number of fused-ring (bicyclic) bond motifs is 1. The van der Waals surface area contributed by atoms with Crippen molar-refractivity contribution in [2.45, 2.75) is 46.2 Å². The van der Waals surface area contributed by atoms with Gasteiger partial charge in [0.25, 0.3) is 0 Å². The van der Waals surface area contributed by atoms with Crippen molar-refractivity contribution in [2.75, 3.05) is 19.6 Å². The van der Waals surface area contributed by atoms with Crippen LogP contribution in [-0.4, -0.2) is 24.5 Å². The molecule has 2 atom stereocenters. The van der Waals surface area contributed by atoms with E-state index in [4.69, 9.17) is 4.42 Å². The number of nitrogens with one attached hydrogen (secondary N) is 1. The minimum absolute atomic E-state index is 0.686. The summed E-state index contributed by atoms with van der Waals surface area (Å²) in [5, 5.41) is 3.48.